The average molecular weight is 304 g/mol. The molecule has 2 N–H and O–H groups in total. The van der Waals surface area contributed by atoms with Crippen molar-refractivity contribution in [3.63, 3.8) is 0 Å². The summed E-state index contributed by atoms with van der Waals surface area (Å²) in [5.41, 5.74) is 3.08. The van der Waals surface area contributed by atoms with Gasteiger partial charge in [0.15, 0.2) is 0 Å². The lowest BCUT2D eigenvalue weighted by Crippen LogP contribution is -2.28. The number of hydrogen-bond acceptors (Lipinski definition) is 5. The fourth-order valence-corrected chi connectivity index (χ4v) is 2.81. The van der Waals surface area contributed by atoms with Gasteiger partial charge in [-0.3, -0.25) is 0 Å². The van der Waals surface area contributed by atoms with Gasteiger partial charge < -0.3 is 15.4 Å². The van der Waals surface area contributed by atoms with E-state index in [0.29, 0.717) is 19.8 Å². The lowest BCUT2D eigenvalue weighted by molar-refractivity contribution is 0.134. The van der Waals surface area contributed by atoms with Crippen molar-refractivity contribution < 1.29 is 9.53 Å². The van der Waals surface area contributed by atoms with E-state index in [1.54, 1.807) is 0 Å². The molecule has 0 saturated carbocycles. The Kier molecular flexibility index (Phi) is 4.12. The van der Waals surface area contributed by atoms with Crippen LogP contribution in [-0.2, 0) is 30.9 Å². The smallest absolute Gasteiger partial charge is 0.319 e. The Hall–Kier alpha value is -1.99. The first-order valence-electron chi connectivity index (χ1n) is 6.80. The lowest BCUT2D eigenvalue weighted by atomic mass is 10.1. The maximum atomic E-state index is 11.9. The van der Waals surface area contributed by atoms with E-state index in [-0.39, 0.29) is 6.03 Å². The van der Waals surface area contributed by atoms with Crippen molar-refractivity contribution in [2.45, 2.75) is 33.1 Å². The van der Waals surface area contributed by atoms with Crippen LogP contribution in [0, 0.1) is 0 Å². The predicted molar refractivity (Wildman–Crippen MR) is 80.1 cm³/mol. The fourth-order valence-electron chi connectivity index (χ4n) is 2.08. The summed E-state index contributed by atoms with van der Waals surface area (Å²) in [7, 11) is 0. The molecular weight excluding hydrogens is 288 g/mol. The van der Waals surface area contributed by atoms with Gasteiger partial charge in [0.2, 0.25) is 0 Å². The molecule has 7 heteroatoms. The molecule has 2 heterocycles. The van der Waals surface area contributed by atoms with Crippen LogP contribution < -0.4 is 10.6 Å². The number of urea groups is 1. The van der Waals surface area contributed by atoms with E-state index >= 15 is 0 Å². The van der Waals surface area contributed by atoms with Crippen LogP contribution in [0.25, 0.3) is 0 Å². The van der Waals surface area contributed by atoms with Crippen LogP contribution >= 0.6 is 11.3 Å². The number of carbonyl (C=O) groups excluding carboxylic acids is 1. The van der Waals surface area contributed by atoms with Gasteiger partial charge in [-0.25, -0.2) is 4.79 Å². The molecule has 3 rings (SSSR count). The van der Waals surface area contributed by atoms with Crippen LogP contribution in [0.1, 0.15) is 28.1 Å². The lowest BCUT2D eigenvalue weighted by Gasteiger charge is -2.07. The molecule has 2 aromatic rings. The zero-order valence-electron chi connectivity index (χ0n) is 11.7. The standard InChI is InChI=1S/C14H16N4O2S/c1-2-12-17-18-13(21-12)6-15-14(19)16-11-4-3-9-7-20-8-10(9)5-11/h3-5H,2,6-8H2,1H3,(H2,15,16,19). The summed E-state index contributed by atoms with van der Waals surface area (Å²) in [6.45, 7) is 3.68. The highest BCUT2D eigenvalue weighted by Crippen LogP contribution is 2.23. The van der Waals surface area contributed by atoms with E-state index in [1.165, 1.54) is 16.9 Å². The molecule has 0 unspecified atom stereocenters. The number of amides is 2. The van der Waals surface area contributed by atoms with Crippen molar-refractivity contribution in [2.75, 3.05) is 5.32 Å². The Morgan fingerprint density at radius 2 is 2.10 bits per heavy atom. The summed E-state index contributed by atoms with van der Waals surface area (Å²) >= 11 is 1.52. The van der Waals surface area contributed by atoms with Crippen LogP contribution in [0.5, 0.6) is 0 Å². The topological polar surface area (TPSA) is 76.1 Å². The van der Waals surface area contributed by atoms with E-state index in [9.17, 15) is 4.79 Å². The van der Waals surface area contributed by atoms with Gasteiger partial charge >= 0.3 is 6.03 Å². The van der Waals surface area contributed by atoms with Gasteiger partial charge in [-0.05, 0) is 29.7 Å². The van der Waals surface area contributed by atoms with E-state index in [2.05, 4.69) is 20.8 Å². The van der Waals surface area contributed by atoms with E-state index in [1.807, 2.05) is 25.1 Å². The summed E-state index contributed by atoms with van der Waals surface area (Å²) in [4.78, 5) is 11.9. The number of ether oxygens (including phenoxy) is 1. The van der Waals surface area contributed by atoms with Gasteiger partial charge in [0.05, 0.1) is 19.8 Å². The van der Waals surface area contributed by atoms with E-state index in [4.69, 9.17) is 4.74 Å². The van der Waals surface area contributed by atoms with Crippen molar-refractivity contribution in [1.29, 1.82) is 0 Å². The molecule has 21 heavy (non-hydrogen) atoms. The van der Waals surface area contributed by atoms with Crippen molar-refractivity contribution >= 4 is 23.1 Å². The number of nitrogens with one attached hydrogen (secondary N) is 2. The molecule has 1 aliphatic rings. The Morgan fingerprint density at radius 3 is 2.90 bits per heavy atom. The van der Waals surface area contributed by atoms with E-state index in [0.717, 1.165) is 27.7 Å². The average Bonchev–Trinajstić information content (AvgIpc) is 3.13. The Balaban J connectivity index is 1.54. The second kappa shape index (κ2) is 6.19. The fraction of sp³-hybridized carbons (Fsp3) is 0.357. The van der Waals surface area contributed by atoms with Crippen molar-refractivity contribution in [3.05, 3.63) is 39.3 Å². The molecule has 0 radical (unpaired) electrons. The van der Waals surface area contributed by atoms with Crippen molar-refractivity contribution in [1.82, 2.24) is 15.5 Å². The number of aryl methyl sites for hydroxylation is 1. The molecule has 2 amide bonds. The van der Waals surface area contributed by atoms with Crippen molar-refractivity contribution in [2.24, 2.45) is 0 Å². The van der Waals surface area contributed by atoms with Crippen LogP contribution in [0.4, 0.5) is 10.5 Å². The molecule has 0 saturated heterocycles. The van der Waals surface area contributed by atoms with Crippen LogP contribution in [0.2, 0.25) is 0 Å². The third-order valence-electron chi connectivity index (χ3n) is 3.19. The molecular formula is C14H16N4O2S. The summed E-state index contributed by atoms with van der Waals surface area (Å²) in [5, 5.41) is 15.4. The molecule has 0 bridgehead atoms. The molecule has 1 aromatic heterocycles. The maximum absolute atomic E-state index is 11.9. The number of carbonyl (C=O) groups is 1. The number of fused-ring (bicyclic) bond motifs is 1. The second-order valence-electron chi connectivity index (χ2n) is 4.73. The van der Waals surface area contributed by atoms with Gasteiger partial charge in [-0.2, -0.15) is 0 Å². The quantitative estimate of drug-likeness (QED) is 0.909. The number of hydrogen-bond donors (Lipinski definition) is 2. The number of benzene rings is 1. The Bertz CT molecular complexity index is 656. The largest absolute Gasteiger partial charge is 0.372 e. The first-order chi connectivity index (χ1) is 10.2. The maximum Gasteiger partial charge on any atom is 0.319 e. The zero-order chi connectivity index (χ0) is 14.7. The number of nitrogens with zero attached hydrogens (tertiary/aromatic N) is 2. The number of rotatable bonds is 4. The zero-order valence-corrected chi connectivity index (χ0v) is 12.5. The highest BCUT2D eigenvalue weighted by atomic mass is 32.1. The molecule has 6 nitrogen and oxygen atoms in total. The number of aromatic nitrogens is 2. The molecule has 0 aliphatic carbocycles. The van der Waals surface area contributed by atoms with Gasteiger partial charge in [0.25, 0.3) is 0 Å². The molecule has 1 aliphatic heterocycles. The van der Waals surface area contributed by atoms with E-state index < -0.39 is 0 Å². The van der Waals surface area contributed by atoms with Crippen LogP contribution in [-0.4, -0.2) is 16.2 Å². The molecule has 0 atom stereocenters. The molecule has 110 valence electrons. The molecule has 1 aromatic carbocycles. The second-order valence-corrected chi connectivity index (χ2v) is 5.87. The highest BCUT2D eigenvalue weighted by molar-refractivity contribution is 7.11. The molecule has 0 spiro atoms. The first-order valence-corrected chi connectivity index (χ1v) is 7.62. The summed E-state index contributed by atoms with van der Waals surface area (Å²) < 4.78 is 5.35. The highest BCUT2D eigenvalue weighted by Gasteiger charge is 2.12. The SMILES string of the molecule is CCc1nnc(CNC(=O)Nc2ccc3c(c2)COC3)s1. The summed E-state index contributed by atoms with van der Waals surface area (Å²) in [6.07, 6.45) is 0.862. The summed E-state index contributed by atoms with van der Waals surface area (Å²) in [5.74, 6) is 0. The third kappa shape index (κ3) is 3.37. The number of anilines is 1. The predicted octanol–water partition coefficient (Wildman–Crippen LogP) is 2.45. The monoisotopic (exact) mass is 304 g/mol. The minimum Gasteiger partial charge on any atom is -0.372 e. The van der Waals surface area contributed by atoms with Gasteiger partial charge in [0, 0.05) is 5.69 Å². The van der Waals surface area contributed by atoms with Crippen molar-refractivity contribution in [3.8, 4) is 0 Å². The van der Waals surface area contributed by atoms with Gasteiger partial charge in [-0.15, -0.1) is 10.2 Å². The minimum absolute atomic E-state index is 0.248. The Morgan fingerprint density at radius 1 is 1.29 bits per heavy atom. The van der Waals surface area contributed by atoms with Gasteiger partial charge in [-0.1, -0.05) is 24.3 Å². The minimum atomic E-state index is -0.248. The molecule has 0 fully saturated rings. The van der Waals surface area contributed by atoms with Crippen LogP contribution in [0.15, 0.2) is 18.2 Å². The first kappa shape index (κ1) is 14.0. The van der Waals surface area contributed by atoms with Crippen LogP contribution in [0.3, 0.4) is 0 Å². The summed E-state index contributed by atoms with van der Waals surface area (Å²) in [6, 6.07) is 5.56. The third-order valence-corrected chi connectivity index (χ3v) is 4.26. The van der Waals surface area contributed by atoms with Gasteiger partial charge in [0.1, 0.15) is 10.0 Å². The normalized spacial score (nSPS) is 13.0. The Labute approximate surface area is 126 Å².